The predicted molar refractivity (Wildman–Crippen MR) is 75.8 cm³/mol. The van der Waals surface area contributed by atoms with E-state index < -0.39 is 0 Å². The highest BCUT2D eigenvalue weighted by Crippen LogP contribution is 2.32. The molecular weight excluding hydrogens is 292 g/mol. The first kappa shape index (κ1) is 13.0. The second-order valence-electron chi connectivity index (χ2n) is 4.33. The van der Waals surface area contributed by atoms with E-state index in [0.29, 0.717) is 10.7 Å². The van der Waals surface area contributed by atoms with Gasteiger partial charge in [0.05, 0.1) is 12.8 Å². The Morgan fingerprint density at radius 2 is 2.00 bits per heavy atom. The molecule has 4 heteroatoms. The minimum absolute atomic E-state index is 0.472. The van der Waals surface area contributed by atoms with Crippen LogP contribution in [0.1, 0.15) is 25.3 Å². The first-order valence-electron chi connectivity index (χ1n) is 5.78. The molecule has 0 radical (unpaired) electrons. The lowest BCUT2D eigenvalue weighted by molar-refractivity contribution is 0.416. The van der Waals surface area contributed by atoms with E-state index in [2.05, 4.69) is 51.9 Å². The summed E-state index contributed by atoms with van der Waals surface area (Å²) in [5, 5.41) is 0. The molecule has 0 aliphatic heterocycles. The van der Waals surface area contributed by atoms with Crippen LogP contribution in [0, 0.1) is 0 Å². The summed E-state index contributed by atoms with van der Waals surface area (Å²) in [6, 6.07) is 8.08. The maximum absolute atomic E-state index is 5.40. The Kier molecular flexibility index (Phi) is 3.97. The third-order valence-electron chi connectivity index (χ3n) is 2.79. The van der Waals surface area contributed by atoms with Gasteiger partial charge in [0.1, 0.15) is 5.75 Å². The zero-order valence-electron chi connectivity index (χ0n) is 10.6. The van der Waals surface area contributed by atoms with Crippen molar-refractivity contribution < 1.29 is 4.74 Å². The van der Waals surface area contributed by atoms with E-state index >= 15 is 0 Å². The fourth-order valence-corrected chi connectivity index (χ4v) is 2.08. The van der Waals surface area contributed by atoms with Gasteiger partial charge >= 0.3 is 0 Å². The molecule has 0 amide bonds. The Balaban J connectivity index is 2.56. The Bertz CT molecular complexity index is 555. The first-order valence-corrected chi connectivity index (χ1v) is 6.58. The van der Waals surface area contributed by atoms with Crippen molar-refractivity contribution in [3.63, 3.8) is 0 Å². The van der Waals surface area contributed by atoms with Crippen LogP contribution in [0.2, 0.25) is 0 Å². The van der Waals surface area contributed by atoms with Gasteiger partial charge in [0, 0.05) is 11.8 Å². The van der Waals surface area contributed by atoms with Crippen LogP contribution in [-0.4, -0.2) is 17.1 Å². The molecule has 0 unspecified atom stereocenters. The number of halogens is 1. The van der Waals surface area contributed by atoms with E-state index in [1.165, 1.54) is 5.56 Å². The van der Waals surface area contributed by atoms with Crippen LogP contribution in [0.4, 0.5) is 0 Å². The summed E-state index contributed by atoms with van der Waals surface area (Å²) in [4.78, 5) is 8.42. The summed E-state index contributed by atoms with van der Waals surface area (Å²) in [5.41, 5.74) is 3.11. The van der Waals surface area contributed by atoms with Crippen LogP contribution < -0.4 is 4.74 Å². The molecule has 1 aromatic heterocycles. The van der Waals surface area contributed by atoms with E-state index in [9.17, 15) is 0 Å². The molecule has 3 nitrogen and oxygen atoms in total. The SMILES string of the molecule is COc1ccc(C(C)C)cc1-c1ccnc(Br)n1. The van der Waals surface area contributed by atoms with Gasteiger partial charge in [-0.3, -0.25) is 0 Å². The molecule has 0 fully saturated rings. The first-order chi connectivity index (χ1) is 8.61. The van der Waals surface area contributed by atoms with Gasteiger partial charge in [0.2, 0.25) is 0 Å². The monoisotopic (exact) mass is 306 g/mol. The summed E-state index contributed by atoms with van der Waals surface area (Å²) < 4.78 is 5.98. The van der Waals surface area contributed by atoms with Crippen molar-refractivity contribution in [1.82, 2.24) is 9.97 Å². The van der Waals surface area contributed by atoms with E-state index in [-0.39, 0.29) is 0 Å². The third kappa shape index (κ3) is 2.70. The Labute approximate surface area is 115 Å². The van der Waals surface area contributed by atoms with Gasteiger partial charge < -0.3 is 4.74 Å². The molecule has 0 N–H and O–H groups in total. The summed E-state index contributed by atoms with van der Waals surface area (Å²) >= 11 is 3.29. The molecule has 2 aromatic rings. The van der Waals surface area contributed by atoms with Crippen molar-refractivity contribution in [3.8, 4) is 17.0 Å². The fraction of sp³-hybridized carbons (Fsp3) is 0.286. The van der Waals surface area contributed by atoms with Crippen molar-refractivity contribution in [1.29, 1.82) is 0 Å². The predicted octanol–water partition coefficient (Wildman–Crippen LogP) is 4.04. The minimum Gasteiger partial charge on any atom is -0.496 e. The standard InChI is InChI=1S/C14H15BrN2O/c1-9(2)10-4-5-13(18-3)11(8-10)12-6-7-16-14(15)17-12/h4-9H,1-3H3. The highest BCUT2D eigenvalue weighted by atomic mass is 79.9. The largest absolute Gasteiger partial charge is 0.496 e. The maximum Gasteiger partial charge on any atom is 0.197 e. The van der Waals surface area contributed by atoms with Crippen LogP contribution >= 0.6 is 15.9 Å². The summed E-state index contributed by atoms with van der Waals surface area (Å²) in [7, 11) is 1.67. The van der Waals surface area contributed by atoms with Gasteiger partial charge in [0.15, 0.2) is 4.73 Å². The van der Waals surface area contributed by atoms with Crippen LogP contribution in [0.5, 0.6) is 5.75 Å². The Morgan fingerprint density at radius 1 is 1.22 bits per heavy atom. The highest BCUT2D eigenvalue weighted by molar-refractivity contribution is 9.10. The van der Waals surface area contributed by atoms with Crippen molar-refractivity contribution >= 4 is 15.9 Å². The normalized spacial score (nSPS) is 10.7. The second kappa shape index (κ2) is 5.48. The van der Waals surface area contributed by atoms with Crippen molar-refractivity contribution in [3.05, 3.63) is 40.8 Å². The smallest absolute Gasteiger partial charge is 0.197 e. The molecule has 0 atom stereocenters. The molecule has 94 valence electrons. The van der Waals surface area contributed by atoms with E-state index in [1.807, 2.05) is 12.1 Å². The molecule has 0 bridgehead atoms. The van der Waals surface area contributed by atoms with Gasteiger partial charge in [-0.05, 0) is 45.6 Å². The molecular formula is C14H15BrN2O. The zero-order chi connectivity index (χ0) is 13.1. The molecule has 18 heavy (non-hydrogen) atoms. The highest BCUT2D eigenvalue weighted by Gasteiger charge is 2.10. The van der Waals surface area contributed by atoms with Gasteiger partial charge in [-0.15, -0.1) is 0 Å². The van der Waals surface area contributed by atoms with E-state index in [1.54, 1.807) is 13.3 Å². The van der Waals surface area contributed by atoms with Crippen LogP contribution in [0.3, 0.4) is 0 Å². The number of rotatable bonds is 3. The molecule has 0 aliphatic carbocycles. The fourth-order valence-electron chi connectivity index (χ4n) is 1.77. The number of benzene rings is 1. The molecule has 2 rings (SSSR count). The lowest BCUT2D eigenvalue weighted by atomic mass is 9.99. The van der Waals surface area contributed by atoms with Crippen LogP contribution in [-0.2, 0) is 0 Å². The average molecular weight is 307 g/mol. The summed E-state index contributed by atoms with van der Waals surface area (Å²) in [6.07, 6.45) is 1.73. The number of ether oxygens (including phenoxy) is 1. The van der Waals surface area contributed by atoms with Crippen molar-refractivity contribution in [2.45, 2.75) is 19.8 Å². The van der Waals surface area contributed by atoms with Crippen molar-refractivity contribution in [2.75, 3.05) is 7.11 Å². The second-order valence-corrected chi connectivity index (χ2v) is 5.03. The van der Waals surface area contributed by atoms with Crippen LogP contribution in [0.25, 0.3) is 11.3 Å². The summed E-state index contributed by atoms with van der Waals surface area (Å²) in [6.45, 7) is 4.34. The number of hydrogen-bond donors (Lipinski definition) is 0. The van der Waals surface area contributed by atoms with E-state index in [4.69, 9.17) is 4.74 Å². The zero-order valence-corrected chi connectivity index (χ0v) is 12.2. The van der Waals surface area contributed by atoms with Gasteiger partial charge in [-0.2, -0.15) is 0 Å². The lowest BCUT2D eigenvalue weighted by Crippen LogP contribution is -1.95. The number of methoxy groups -OCH3 is 1. The van der Waals surface area contributed by atoms with Gasteiger partial charge in [0.25, 0.3) is 0 Å². The minimum atomic E-state index is 0.472. The number of hydrogen-bond acceptors (Lipinski definition) is 3. The van der Waals surface area contributed by atoms with Crippen LogP contribution in [0.15, 0.2) is 35.2 Å². The topological polar surface area (TPSA) is 35.0 Å². The average Bonchev–Trinajstić information content (AvgIpc) is 2.38. The lowest BCUT2D eigenvalue weighted by Gasteiger charge is -2.12. The molecule has 0 saturated carbocycles. The van der Waals surface area contributed by atoms with Gasteiger partial charge in [-0.1, -0.05) is 19.9 Å². The third-order valence-corrected chi connectivity index (χ3v) is 3.17. The molecule has 0 aliphatic rings. The molecule has 0 saturated heterocycles. The molecule has 1 heterocycles. The Hall–Kier alpha value is -1.42. The molecule has 1 aromatic carbocycles. The number of nitrogens with zero attached hydrogens (tertiary/aromatic N) is 2. The molecule has 0 spiro atoms. The maximum atomic E-state index is 5.40. The Morgan fingerprint density at radius 3 is 2.61 bits per heavy atom. The summed E-state index contributed by atoms with van der Waals surface area (Å²) in [5.74, 6) is 1.30. The van der Waals surface area contributed by atoms with Gasteiger partial charge in [-0.25, -0.2) is 9.97 Å². The van der Waals surface area contributed by atoms with Crippen molar-refractivity contribution in [2.24, 2.45) is 0 Å². The number of aromatic nitrogens is 2. The quantitative estimate of drug-likeness (QED) is 0.803. The van der Waals surface area contributed by atoms with E-state index in [0.717, 1.165) is 17.0 Å².